The Balaban J connectivity index is -0.000000142. The summed E-state index contributed by atoms with van der Waals surface area (Å²) in [6.07, 6.45) is -2.22. The molecule has 0 spiro atoms. The SMILES string of the molecule is C[C@@H](CO)CC(CO)CO.C[C@@H](CO)OC(F)(CO)CO.C[C@@H](CO)O[C@@H](CN)CO.C[C@@H](CO)O[C@H](CN)CO.C[C@@H](CO)S(=O)(=O)C(CO)CO.C[C@@H](CO)SC(CO)CO.C[C@@](F)(CO)OC(CO)CO. The van der Waals surface area contributed by atoms with Crippen molar-refractivity contribution in [2.24, 2.45) is 23.3 Å². The summed E-state index contributed by atoms with van der Waals surface area (Å²) < 4.78 is 67.2. The van der Waals surface area contributed by atoms with Crippen LogP contribution in [0.4, 0.5) is 8.78 Å². The third-order valence-corrected chi connectivity index (χ3v) is 12.7. The molecule has 0 aromatic heterocycles. The van der Waals surface area contributed by atoms with E-state index >= 15 is 0 Å². The first-order chi connectivity index (χ1) is 34.6. The first kappa shape index (κ1) is 87.0. The van der Waals surface area contributed by atoms with E-state index in [1.165, 1.54) is 25.6 Å². The van der Waals surface area contributed by atoms with Gasteiger partial charge in [-0.25, -0.2) is 17.2 Å². The van der Waals surface area contributed by atoms with Crippen molar-refractivity contribution in [2.75, 3.05) is 139 Å². The topological polar surface area (TPSA) is 507 Å². The molecular weight excluding hydrogens is 1050 g/mol. The molecule has 0 bridgehead atoms. The monoisotopic (exact) mass is 1150 g/mol. The Morgan fingerprint density at radius 2 is 0.865 bits per heavy atom. The van der Waals surface area contributed by atoms with Gasteiger partial charge in [0.05, 0.1) is 127 Å². The van der Waals surface area contributed by atoms with Crippen LogP contribution in [0.1, 0.15) is 54.9 Å². The highest BCUT2D eigenvalue weighted by Gasteiger charge is 2.31. The lowest BCUT2D eigenvalue weighted by Crippen LogP contribution is -2.39. The molecule has 74 heavy (non-hydrogen) atoms. The summed E-state index contributed by atoms with van der Waals surface area (Å²) in [5.74, 6) is -4.54. The molecule has 0 saturated heterocycles. The fraction of sp³-hybridized carbons (Fsp3) is 1.00. The molecule has 0 aliphatic carbocycles. The minimum Gasteiger partial charge on any atom is -0.396 e. The minimum absolute atomic E-state index is 0.000833. The summed E-state index contributed by atoms with van der Waals surface area (Å²) >= 11 is 1.39. The predicted octanol–water partition coefficient (Wildman–Crippen LogP) is -7.33. The summed E-state index contributed by atoms with van der Waals surface area (Å²) in [7, 11) is -3.60. The van der Waals surface area contributed by atoms with Crippen LogP contribution in [0.25, 0.3) is 0 Å². The van der Waals surface area contributed by atoms with Gasteiger partial charge in [-0.3, -0.25) is 0 Å². The molecule has 0 unspecified atom stereocenters. The second kappa shape index (κ2) is 56.9. The molecule has 0 saturated carbocycles. The number of aliphatic hydroxyl groups excluding tert-OH is 19. The number of hydrogen-bond donors (Lipinski definition) is 21. The Morgan fingerprint density at radius 1 is 0.473 bits per heavy atom. The van der Waals surface area contributed by atoms with Crippen LogP contribution in [0.5, 0.6) is 0 Å². The molecule has 0 amide bonds. The van der Waals surface area contributed by atoms with Crippen molar-refractivity contribution in [3.63, 3.8) is 0 Å². The normalized spacial score (nSPS) is 15.5. The third-order valence-electron chi connectivity index (χ3n) is 8.88. The van der Waals surface area contributed by atoms with E-state index in [4.69, 9.17) is 118 Å². The largest absolute Gasteiger partial charge is 0.396 e. The Morgan fingerprint density at radius 3 is 1.11 bits per heavy atom. The highest BCUT2D eigenvalue weighted by Crippen LogP contribution is 2.17. The Labute approximate surface area is 439 Å². The lowest BCUT2D eigenvalue weighted by Gasteiger charge is -2.23. The van der Waals surface area contributed by atoms with E-state index < -0.39 is 97.1 Å². The third kappa shape index (κ3) is 51.9. The first-order valence-corrected chi connectivity index (χ1v) is 26.0. The highest BCUT2D eigenvalue weighted by molar-refractivity contribution is 8.00. The van der Waals surface area contributed by atoms with Crippen LogP contribution in [0.3, 0.4) is 0 Å². The quantitative estimate of drug-likeness (QED) is 0.0280. The number of thioether (sulfide) groups is 1. The maximum Gasteiger partial charge on any atom is 0.256 e. The van der Waals surface area contributed by atoms with E-state index in [1.54, 1.807) is 13.8 Å². The summed E-state index contributed by atoms with van der Waals surface area (Å²) in [4.78, 5) is 0. The van der Waals surface area contributed by atoms with Crippen LogP contribution in [0, 0.1) is 11.8 Å². The van der Waals surface area contributed by atoms with Crippen molar-refractivity contribution in [3.8, 4) is 0 Å². The predicted molar refractivity (Wildman–Crippen MR) is 270 cm³/mol. The van der Waals surface area contributed by atoms with Gasteiger partial charge in [0, 0.05) is 44.1 Å². The van der Waals surface area contributed by atoms with Crippen LogP contribution in [0.2, 0.25) is 0 Å². The van der Waals surface area contributed by atoms with E-state index in [9.17, 15) is 17.2 Å². The van der Waals surface area contributed by atoms with Crippen LogP contribution in [-0.2, 0) is 28.8 Å². The smallest absolute Gasteiger partial charge is 0.256 e. The van der Waals surface area contributed by atoms with Gasteiger partial charge in [0.1, 0.15) is 31.2 Å². The number of aliphatic hydroxyl groups is 19. The number of nitrogens with two attached hydrogens (primary N) is 2. The van der Waals surface area contributed by atoms with Crippen molar-refractivity contribution in [1.29, 1.82) is 0 Å². The average Bonchev–Trinajstić information content (AvgIpc) is 3.42. The van der Waals surface area contributed by atoms with Gasteiger partial charge in [0.2, 0.25) is 5.85 Å². The van der Waals surface area contributed by atoms with Crippen molar-refractivity contribution in [2.45, 2.75) is 124 Å². The number of halogens is 2. The molecule has 0 aromatic rings. The zero-order valence-electron chi connectivity index (χ0n) is 44.2. The van der Waals surface area contributed by atoms with Gasteiger partial charge >= 0.3 is 0 Å². The number of hydrogen-bond acceptors (Lipinski definition) is 28. The van der Waals surface area contributed by atoms with Gasteiger partial charge < -0.3 is 127 Å². The molecular formula is C43H100F2N2O25S2. The van der Waals surface area contributed by atoms with Crippen molar-refractivity contribution in [1.82, 2.24) is 0 Å². The molecule has 0 heterocycles. The van der Waals surface area contributed by atoms with Gasteiger partial charge in [-0.05, 0) is 47.0 Å². The van der Waals surface area contributed by atoms with Crippen LogP contribution in [0.15, 0.2) is 0 Å². The second-order valence-electron chi connectivity index (χ2n) is 16.5. The average molecular weight is 1150 g/mol. The minimum atomic E-state index is -3.60. The zero-order valence-corrected chi connectivity index (χ0v) is 45.8. The van der Waals surface area contributed by atoms with Crippen molar-refractivity contribution in [3.05, 3.63) is 0 Å². The maximum absolute atomic E-state index is 12.9. The van der Waals surface area contributed by atoms with Gasteiger partial charge in [-0.2, -0.15) is 0 Å². The maximum atomic E-state index is 12.9. The molecule has 27 nitrogen and oxygen atoms in total. The van der Waals surface area contributed by atoms with Crippen LogP contribution >= 0.6 is 11.8 Å². The van der Waals surface area contributed by atoms with E-state index in [-0.39, 0.29) is 133 Å². The zero-order chi connectivity index (χ0) is 59.5. The van der Waals surface area contributed by atoms with E-state index in [0.29, 0.717) is 6.42 Å². The molecule has 458 valence electrons. The Bertz CT molecular complexity index is 1130. The number of sulfone groups is 1. The highest BCUT2D eigenvalue weighted by atomic mass is 32.2. The fourth-order valence-corrected chi connectivity index (χ4v) is 6.39. The lowest BCUT2D eigenvalue weighted by molar-refractivity contribution is -0.220. The van der Waals surface area contributed by atoms with Crippen molar-refractivity contribution >= 4 is 21.6 Å². The lowest BCUT2D eigenvalue weighted by atomic mass is 9.98. The number of rotatable bonds is 35. The summed E-state index contributed by atoms with van der Waals surface area (Å²) in [5, 5.41) is 160. The Hall–Kier alpha value is -0.840. The first-order valence-electron chi connectivity index (χ1n) is 23.5. The number of alkyl halides is 2. The molecule has 31 heteroatoms. The summed E-state index contributed by atoms with van der Waals surface area (Å²) in [5.41, 5.74) is 10.4. The fourth-order valence-electron chi connectivity index (χ4n) is 4.19. The number of ether oxygens (including phenoxy) is 4. The van der Waals surface area contributed by atoms with Gasteiger partial charge in [-0.15, -0.1) is 11.8 Å². The summed E-state index contributed by atoms with van der Waals surface area (Å²) in [6.45, 7) is 5.66. The molecule has 0 aromatic carbocycles. The van der Waals surface area contributed by atoms with Crippen LogP contribution < -0.4 is 11.5 Å². The van der Waals surface area contributed by atoms with E-state index in [1.807, 2.05) is 13.8 Å². The standard InChI is InChI=1S/C7H16O3.2C6H13FO4.2C6H15NO3.C6H14O5S.C6H14O3S/c1-6(3-8)2-7(4-9)5-10;1-6(7,4-10)11-5(2-8)3-9;1-5(2-8)11-6(7,3-9)4-10;2*1-5(3-8)10-6(2-7)4-9;1-5(2-7)12(10,11)6(3-8)4-9;1-5(2-7)10-6(3-8)4-9/h6-10H,2-5H2,1H3;2*5,8-10H,2-4H2,1H3;2*5-6,8-9H,2-4,7H2,1H3;5-9H,2-4H2,1H3;5-9H,2-4H2,1H3/t2*6-;5-;5-,6+;5-,6-;2*5-/m1000000/s1. The van der Waals surface area contributed by atoms with E-state index in [2.05, 4.69) is 9.47 Å². The molecule has 23 N–H and O–H groups in total. The van der Waals surface area contributed by atoms with Gasteiger partial charge in [-0.1, -0.05) is 13.8 Å². The van der Waals surface area contributed by atoms with Crippen LogP contribution in [-0.4, -0.2) is 313 Å². The van der Waals surface area contributed by atoms with E-state index in [0.717, 1.165) is 6.92 Å². The summed E-state index contributed by atoms with van der Waals surface area (Å²) in [6, 6.07) is 0. The van der Waals surface area contributed by atoms with Crippen molar-refractivity contribution < 1.29 is 133 Å². The molecule has 0 aliphatic heterocycles. The van der Waals surface area contributed by atoms with Gasteiger partial charge in [0.25, 0.3) is 5.85 Å². The molecule has 9 atom stereocenters. The molecule has 0 fully saturated rings. The second-order valence-corrected chi connectivity index (χ2v) is 20.8. The Kier molecular flexibility index (Phi) is 66.9. The van der Waals surface area contributed by atoms with Gasteiger partial charge in [0.15, 0.2) is 9.84 Å². The molecule has 0 rings (SSSR count). The molecule has 0 aliphatic rings. The molecule has 0 radical (unpaired) electrons.